The second-order valence-electron chi connectivity index (χ2n) is 9.31. The number of rotatable bonds is 8. The van der Waals surface area contributed by atoms with Gasteiger partial charge in [-0.05, 0) is 23.3 Å². The fourth-order valence-electron chi connectivity index (χ4n) is 4.68. The number of fused-ring (bicyclic) bond motifs is 1. The van der Waals surface area contributed by atoms with Crippen LogP contribution in [0.5, 0.6) is 0 Å². The van der Waals surface area contributed by atoms with Gasteiger partial charge in [-0.1, -0.05) is 78.3 Å². The molecule has 9 heteroatoms. The SMILES string of the molecule is Cn1c(=O)c2c(nc(CN(Cc3ccccc3)Cc3ccccc3)n2Cc2c(F)cccc2Cl)n(C)c1=O. The van der Waals surface area contributed by atoms with Crippen LogP contribution < -0.4 is 11.2 Å². The third-order valence-corrected chi connectivity index (χ3v) is 7.02. The molecule has 0 atom stereocenters. The highest BCUT2D eigenvalue weighted by Crippen LogP contribution is 2.24. The Bertz CT molecular complexity index is 1650. The van der Waals surface area contributed by atoms with E-state index >= 15 is 0 Å². The standard InChI is InChI=1S/C29H27ClFN5O2/c1-33-27-26(28(37)34(2)29(33)38)36(18-22-23(30)14-9-15-24(22)31)25(32-27)19-35(16-20-10-5-3-6-11-20)17-21-12-7-4-8-13-21/h3-15H,16-19H2,1-2H3. The minimum atomic E-state index is -0.494. The molecule has 0 aliphatic heterocycles. The summed E-state index contributed by atoms with van der Waals surface area (Å²) in [5.74, 6) is 0.0573. The van der Waals surface area contributed by atoms with E-state index in [0.29, 0.717) is 25.5 Å². The lowest BCUT2D eigenvalue weighted by Gasteiger charge is -2.23. The number of aryl methyl sites for hydroxylation is 1. The highest BCUT2D eigenvalue weighted by atomic mass is 35.5. The normalized spacial score (nSPS) is 11.5. The zero-order valence-corrected chi connectivity index (χ0v) is 21.9. The lowest BCUT2D eigenvalue weighted by atomic mass is 10.1. The topological polar surface area (TPSA) is 65.1 Å². The van der Waals surface area contributed by atoms with Crippen molar-refractivity contribution in [3.63, 3.8) is 0 Å². The summed E-state index contributed by atoms with van der Waals surface area (Å²) >= 11 is 6.38. The molecule has 0 radical (unpaired) electrons. The summed E-state index contributed by atoms with van der Waals surface area (Å²) in [6.07, 6.45) is 0. The van der Waals surface area contributed by atoms with E-state index in [9.17, 15) is 14.0 Å². The van der Waals surface area contributed by atoms with Crippen LogP contribution in [0.4, 0.5) is 4.39 Å². The molecule has 38 heavy (non-hydrogen) atoms. The Labute approximate surface area is 224 Å². The van der Waals surface area contributed by atoms with Gasteiger partial charge in [0.25, 0.3) is 5.56 Å². The lowest BCUT2D eigenvalue weighted by Crippen LogP contribution is -2.37. The third-order valence-electron chi connectivity index (χ3n) is 6.67. The fraction of sp³-hybridized carbons (Fsp3) is 0.207. The molecule has 5 rings (SSSR count). The van der Waals surface area contributed by atoms with Gasteiger partial charge in [-0.25, -0.2) is 14.2 Å². The Morgan fingerprint density at radius 3 is 2.00 bits per heavy atom. The molecule has 2 aromatic heterocycles. The molecule has 2 heterocycles. The van der Waals surface area contributed by atoms with Crippen LogP contribution in [0.25, 0.3) is 11.2 Å². The van der Waals surface area contributed by atoms with Crippen LogP contribution in [0, 0.1) is 5.82 Å². The highest BCUT2D eigenvalue weighted by molar-refractivity contribution is 6.31. The van der Waals surface area contributed by atoms with Crippen molar-refractivity contribution in [3.8, 4) is 0 Å². The molecule has 0 saturated carbocycles. The Morgan fingerprint density at radius 1 is 0.816 bits per heavy atom. The zero-order valence-electron chi connectivity index (χ0n) is 21.1. The van der Waals surface area contributed by atoms with E-state index < -0.39 is 17.1 Å². The van der Waals surface area contributed by atoms with Gasteiger partial charge in [0.1, 0.15) is 11.6 Å². The summed E-state index contributed by atoms with van der Waals surface area (Å²) in [6.45, 7) is 1.59. The van der Waals surface area contributed by atoms with Gasteiger partial charge >= 0.3 is 5.69 Å². The first kappa shape index (κ1) is 25.6. The highest BCUT2D eigenvalue weighted by Gasteiger charge is 2.23. The summed E-state index contributed by atoms with van der Waals surface area (Å²) in [5, 5.41) is 0.255. The summed E-state index contributed by atoms with van der Waals surface area (Å²) in [6, 6.07) is 24.6. The summed E-state index contributed by atoms with van der Waals surface area (Å²) in [4.78, 5) is 33.0. The first-order valence-corrected chi connectivity index (χ1v) is 12.6. The maximum absolute atomic E-state index is 14.9. The number of nitrogens with zero attached hydrogens (tertiary/aromatic N) is 5. The molecule has 0 saturated heterocycles. The molecular formula is C29H27ClFN5O2. The van der Waals surface area contributed by atoms with Crippen LogP contribution in [0.1, 0.15) is 22.5 Å². The van der Waals surface area contributed by atoms with Gasteiger partial charge in [-0.3, -0.25) is 18.8 Å². The molecule has 0 spiro atoms. The molecule has 7 nitrogen and oxygen atoms in total. The van der Waals surface area contributed by atoms with E-state index in [4.69, 9.17) is 16.6 Å². The fourth-order valence-corrected chi connectivity index (χ4v) is 4.90. The van der Waals surface area contributed by atoms with Crippen molar-refractivity contribution in [2.45, 2.75) is 26.2 Å². The Morgan fingerprint density at radius 2 is 1.42 bits per heavy atom. The molecule has 3 aromatic carbocycles. The molecular weight excluding hydrogens is 505 g/mol. The maximum Gasteiger partial charge on any atom is 0.332 e. The molecule has 0 bridgehead atoms. The molecule has 0 aliphatic rings. The average Bonchev–Trinajstić information content (AvgIpc) is 3.27. The van der Waals surface area contributed by atoms with Crippen LogP contribution in [0.3, 0.4) is 0 Å². The second-order valence-corrected chi connectivity index (χ2v) is 9.72. The first-order valence-electron chi connectivity index (χ1n) is 12.2. The first-order chi connectivity index (χ1) is 18.3. The van der Waals surface area contributed by atoms with Gasteiger partial charge < -0.3 is 4.57 Å². The van der Waals surface area contributed by atoms with Crippen LogP contribution in [-0.2, 0) is 40.3 Å². The van der Waals surface area contributed by atoms with Gasteiger partial charge in [-0.15, -0.1) is 0 Å². The van der Waals surface area contributed by atoms with Crippen LogP contribution in [0.2, 0.25) is 5.02 Å². The van der Waals surface area contributed by atoms with E-state index in [1.807, 2.05) is 36.4 Å². The van der Waals surface area contributed by atoms with Crippen molar-refractivity contribution in [1.29, 1.82) is 0 Å². The van der Waals surface area contributed by atoms with Crippen molar-refractivity contribution in [1.82, 2.24) is 23.6 Å². The van der Waals surface area contributed by atoms with Crippen molar-refractivity contribution in [2.75, 3.05) is 0 Å². The molecule has 0 amide bonds. The number of halogens is 2. The minimum Gasteiger partial charge on any atom is -0.316 e. The summed E-state index contributed by atoms with van der Waals surface area (Å²) in [7, 11) is 3.00. The maximum atomic E-state index is 14.9. The van der Waals surface area contributed by atoms with E-state index in [1.54, 1.807) is 17.7 Å². The number of hydrogen-bond donors (Lipinski definition) is 0. The Kier molecular flexibility index (Phi) is 7.26. The molecule has 194 valence electrons. The van der Waals surface area contributed by atoms with Gasteiger partial charge in [0.15, 0.2) is 11.2 Å². The van der Waals surface area contributed by atoms with E-state index in [-0.39, 0.29) is 28.3 Å². The molecule has 0 N–H and O–H groups in total. The number of benzene rings is 3. The third kappa shape index (κ3) is 5.05. The van der Waals surface area contributed by atoms with Crippen LogP contribution in [0.15, 0.2) is 88.5 Å². The number of imidazole rings is 1. The van der Waals surface area contributed by atoms with Crippen LogP contribution in [-0.4, -0.2) is 23.6 Å². The van der Waals surface area contributed by atoms with Gasteiger partial charge in [0, 0.05) is 37.8 Å². The van der Waals surface area contributed by atoms with Gasteiger partial charge in [-0.2, -0.15) is 0 Å². The average molecular weight is 532 g/mol. The van der Waals surface area contributed by atoms with Crippen molar-refractivity contribution >= 4 is 22.8 Å². The monoisotopic (exact) mass is 531 g/mol. The van der Waals surface area contributed by atoms with Crippen molar-refractivity contribution in [3.05, 3.63) is 133 Å². The predicted octanol–water partition coefficient (Wildman–Crippen LogP) is 4.48. The zero-order chi connectivity index (χ0) is 26.8. The largest absolute Gasteiger partial charge is 0.332 e. The lowest BCUT2D eigenvalue weighted by molar-refractivity contribution is 0.238. The van der Waals surface area contributed by atoms with Crippen molar-refractivity contribution < 1.29 is 4.39 Å². The predicted molar refractivity (Wildman–Crippen MR) is 147 cm³/mol. The van der Waals surface area contributed by atoms with Crippen LogP contribution >= 0.6 is 11.6 Å². The quantitative estimate of drug-likeness (QED) is 0.296. The Hall–Kier alpha value is -4.01. The molecule has 0 aliphatic carbocycles. The van der Waals surface area contributed by atoms with E-state index in [0.717, 1.165) is 15.7 Å². The van der Waals surface area contributed by atoms with Gasteiger partial charge in [0.2, 0.25) is 0 Å². The van der Waals surface area contributed by atoms with E-state index in [1.165, 1.54) is 23.7 Å². The number of aromatic nitrogens is 4. The second kappa shape index (κ2) is 10.8. The molecule has 0 unspecified atom stereocenters. The summed E-state index contributed by atoms with van der Waals surface area (Å²) in [5.41, 5.74) is 1.99. The van der Waals surface area contributed by atoms with E-state index in [2.05, 4.69) is 29.2 Å². The number of hydrogen-bond acceptors (Lipinski definition) is 4. The van der Waals surface area contributed by atoms with Gasteiger partial charge in [0.05, 0.1) is 13.1 Å². The van der Waals surface area contributed by atoms with Crippen molar-refractivity contribution in [2.24, 2.45) is 14.1 Å². The molecule has 0 fully saturated rings. The molecule has 5 aromatic rings. The Balaban J connectivity index is 1.65. The smallest absolute Gasteiger partial charge is 0.316 e. The summed E-state index contributed by atoms with van der Waals surface area (Å²) < 4.78 is 18.9. The minimum absolute atomic E-state index is 0.00466.